The van der Waals surface area contributed by atoms with Crippen molar-refractivity contribution >= 4 is 33.3 Å². The van der Waals surface area contributed by atoms with E-state index in [1.54, 1.807) is 12.1 Å². The van der Waals surface area contributed by atoms with Gasteiger partial charge < -0.3 is 4.74 Å². The first kappa shape index (κ1) is 13.7. The Morgan fingerprint density at radius 1 is 1.50 bits per heavy atom. The number of carbonyl (C=O) groups is 1. The smallest absolute Gasteiger partial charge is 0.165 e. The number of carbonyl (C=O) groups excluding carboxylic acids is 1. The summed E-state index contributed by atoms with van der Waals surface area (Å²) < 4.78 is 6.32. The van der Waals surface area contributed by atoms with Crippen LogP contribution in [0.4, 0.5) is 0 Å². The minimum Gasteiger partial charge on any atom is -0.366 e. The third kappa shape index (κ3) is 3.30. The predicted octanol–water partition coefficient (Wildman–Crippen LogP) is 4.16. The summed E-state index contributed by atoms with van der Waals surface area (Å²) in [5.74, 6) is 0.0600. The van der Waals surface area contributed by atoms with Crippen LogP contribution >= 0.6 is 27.5 Å². The number of ether oxygens (including phenoxy) is 1. The van der Waals surface area contributed by atoms with E-state index < -0.39 is 6.10 Å². The molecule has 88 valence electrons. The average molecular weight is 306 g/mol. The summed E-state index contributed by atoms with van der Waals surface area (Å²) in [7, 11) is 0. The van der Waals surface area contributed by atoms with Crippen molar-refractivity contribution in [3.05, 3.63) is 33.3 Å². The first-order valence-corrected chi connectivity index (χ1v) is 6.36. The fourth-order valence-corrected chi connectivity index (χ4v) is 2.06. The van der Waals surface area contributed by atoms with E-state index in [1.165, 1.54) is 0 Å². The molecule has 0 saturated carbocycles. The van der Waals surface area contributed by atoms with Crippen molar-refractivity contribution in [1.29, 1.82) is 0 Å². The molecule has 0 saturated heterocycles. The van der Waals surface area contributed by atoms with E-state index in [0.29, 0.717) is 18.1 Å². The average Bonchev–Trinajstić information content (AvgIpc) is 2.28. The van der Waals surface area contributed by atoms with Gasteiger partial charge in [0.05, 0.1) is 0 Å². The normalized spacial score (nSPS) is 12.5. The van der Waals surface area contributed by atoms with Crippen LogP contribution < -0.4 is 0 Å². The van der Waals surface area contributed by atoms with Gasteiger partial charge in [0.25, 0.3) is 0 Å². The van der Waals surface area contributed by atoms with Gasteiger partial charge >= 0.3 is 0 Å². The van der Waals surface area contributed by atoms with Gasteiger partial charge in [0, 0.05) is 28.1 Å². The van der Waals surface area contributed by atoms with Crippen molar-refractivity contribution < 1.29 is 9.53 Å². The Balaban J connectivity index is 3.09. The van der Waals surface area contributed by atoms with E-state index in [1.807, 2.05) is 19.9 Å². The second-order valence-corrected chi connectivity index (χ2v) is 4.61. The summed E-state index contributed by atoms with van der Waals surface area (Å²) in [6, 6.07) is 5.36. The maximum absolute atomic E-state index is 11.8. The molecular weight excluding hydrogens is 291 g/mol. The first-order chi connectivity index (χ1) is 7.60. The highest BCUT2D eigenvalue weighted by atomic mass is 79.9. The summed E-state index contributed by atoms with van der Waals surface area (Å²) in [4.78, 5) is 11.8. The highest BCUT2D eigenvalue weighted by molar-refractivity contribution is 9.10. The molecule has 0 aliphatic carbocycles. The molecule has 0 heterocycles. The van der Waals surface area contributed by atoms with Gasteiger partial charge in [0.2, 0.25) is 0 Å². The molecule has 1 unspecified atom stereocenters. The predicted molar refractivity (Wildman–Crippen MR) is 68.8 cm³/mol. The number of halogens is 2. The van der Waals surface area contributed by atoms with Crippen LogP contribution in [0.2, 0.25) is 5.02 Å². The number of ketones is 1. The van der Waals surface area contributed by atoms with E-state index in [4.69, 9.17) is 16.3 Å². The lowest BCUT2D eigenvalue weighted by Gasteiger charge is -2.17. The molecule has 0 bridgehead atoms. The molecule has 0 N–H and O–H groups in total. The van der Waals surface area contributed by atoms with Crippen molar-refractivity contribution in [3.63, 3.8) is 0 Å². The molecule has 16 heavy (non-hydrogen) atoms. The van der Waals surface area contributed by atoms with Gasteiger partial charge in [-0.2, -0.15) is 0 Å². The number of hydrogen-bond acceptors (Lipinski definition) is 2. The molecule has 0 amide bonds. The lowest BCUT2D eigenvalue weighted by molar-refractivity contribution is -0.130. The molecular formula is C12H14BrClO2. The summed E-state index contributed by atoms with van der Waals surface area (Å²) >= 11 is 9.33. The van der Waals surface area contributed by atoms with Crippen LogP contribution in [-0.4, -0.2) is 12.4 Å². The Kier molecular flexibility index (Phi) is 5.46. The van der Waals surface area contributed by atoms with E-state index in [9.17, 15) is 4.79 Å². The molecule has 0 aliphatic heterocycles. The van der Waals surface area contributed by atoms with E-state index >= 15 is 0 Å². The number of benzene rings is 1. The number of hydrogen-bond donors (Lipinski definition) is 0. The van der Waals surface area contributed by atoms with Gasteiger partial charge in [-0.05, 0) is 25.1 Å². The van der Waals surface area contributed by atoms with Crippen molar-refractivity contribution in [3.8, 4) is 0 Å². The van der Waals surface area contributed by atoms with Crippen LogP contribution in [0.25, 0.3) is 0 Å². The fraction of sp³-hybridized carbons (Fsp3) is 0.417. The molecule has 0 aromatic heterocycles. The quantitative estimate of drug-likeness (QED) is 0.816. The van der Waals surface area contributed by atoms with Crippen LogP contribution in [-0.2, 0) is 9.53 Å². The Morgan fingerprint density at radius 2 is 2.19 bits per heavy atom. The molecule has 0 fully saturated rings. The number of Topliss-reactive ketones (excluding diaryl/α,β-unsaturated/α-hetero) is 1. The van der Waals surface area contributed by atoms with Crippen LogP contribution in [0.3, 0.4) is 0 Å². The Labute approximate surface area is 109 Å². The largest absolute Gasteiger partial charge is 0.366 e. The second kappa shape index (κ2) is 6.38. The summed E-state index contributed by atoms with van der Waals surface area (Å²) in [5.41, 5.74) is 0.793. The van der Waals surface area contributed by atoms with Gasteiger partial charge in [0.1, 0.15) is 6.10 Å². The van der Waals surface area contributed by atoms with Gasteiger partial charge in [-0.1, -0.05) is 34.5 Å². The van der Waals surface area contributed by atoms with Crippen LogP contribution in [0, 0.1) is 0 Å². The molecule has 0 aliphatic rings. The zero-order chi connectivity index (χ0) is 12.1. The van der Waals surface area contributed by atoms with Crippen LogP contribution in [0.1, 0.15) is 31.9 Å². The number of rotatable bonds is 5. The highest BCUT2D eigenvalue weighted by Gasteiger charge is 2.21. The minimum absolute atomic E-state index is 0.0600. The summed E-state index contributed by atoms with van der Waals surface area (Å²) in [6.45, 7) is 4.19. The molecule has 1 aromatic carbocycles. The lowest BCUT2D eigenvalue weighted by atomic mass is 10.0. The zero-order valence-corrected chi connectivity index (χ0v) is 11.6. The molecule has 2 nitrogen and oxygen atoms in total. The molecule has 0 spiro atoms. The lowest BCUT2D eigenvalue weighted by Crippen LogP contribution is -2.15. The third-order valence-corrected chi connectivity index (χ3v) is 3.17. The van der Waals surface area contributed by atoms with Crippen LogP contribution in [0.5, 0.6) is 0 Å². The Hall–Kier alpha value is -0.380. The SMILES string of the molecule is CCOC(C(=O)CC)c1cc(Cl)ccc1Br. The molecule has 4 heteroatoms. The summed E-state index contributed by atoms with van der Waals surface area (Å²) in [5, 5.41) is 0.604. The van der Waals surface area contributed by atoms with Crippen LogP contribution in [0.15, 0.2) is 22.7 Å². The van der Waals surface area contributed by atoms with Crippen molar-refractivity contribution in [2.75, 3.05) is 6.61 Å². The van der Waals surface area contributed by atoms with Gasteiger partial charge in [-0.3, -0.25) is 4.79 Å². The second-order valence-electron chi connectivity index (χ2n) is 3.32. The molecule has 1 aromatic rings. The minimum atomic E-state index is -0.525. The fourth-order valence-electron chi connectivity index (χ4n) is 1.42. The first-order valence-electron chi connectivity index (χ1n) is 5.19. The van der Waals surface area contributed by atoms with Gasteiger partial charge in [0.15, 0.2) is 5.78 Å². The van der Waals surface area contributed by atoms with Crippen molar-refractivity contribution in [1.82, 2.24) is 0 Å². The molecule has 1 rings (SSSR count). The van der Waals surface area contributed by atoms with Crippen molar-refractivity contribution in [2.24, 2.45) is 0 Å². The Morgan fingerprint density at radius 3 is 2.75 bits per heavy atom. The van der Waals surface area contributed by atoms with Crippen molar-refractivity contribution in [2.45, 2.75) is 26.4 Å². The molecule has 0 radical (unpaired) electrons. The van der Waals surface area contributed by atoms with Gasteiger partial charge in [-0.25, -0.2) is 0 Å². The maximum atomic E-state index is 11.8. The van der Waals surface area contributed by atoms with Gasteiger partial charge in [-0.15, -0.1) is 0 Å². The van der Waals surface area contributed by atoms with E-state index in [2.05, 4.69) is 15.9 Å². The molecule has 1 atom stereocenters. The monoisotopic (exact) mass is 304 g/mol. The summed E-state index contributed by atoms with van der Waals surface area (Å²) in [6.07, 6.45) is -0.0769. The maximum Gasteiger partial charge on any atom is 0.165 e. The van der Waals surface area contributed by atoms with E-state index in [-0.39, 0.29) is 5.78 Å². The zero-order valence-electron chi connectivity index (χ0n) is 9.30. The standard InChI is InChI=1S/C12H14BrClO2/c1-3-11(15)12(16-4-2)9-7-8(14)5-6-10(9)13/h5-7,12H,3-4H2,1-2H3. The topological polar surface area (TPSA) is 26.3 Å². The Bertz CT molecular complexity index is 379. The third-order valence-electron chi connectivity index (χ3n) is 2.21. The van der Waals surface area contributed by atoms with E-state index in [0.717, 1.165) is 10.0 Å². The highest BCUT2D eigenvalue weighted by Crippen LogP contribution is 2.30.